The average molecular weight is 1530 g/mol. The van der Waals surface area contributed by atoms with E-state index in [1.165, 1.54) is 38.9 Å². The summed E-state index contributed by atoms with van der Waals surface area (Å²) in [4.78, 5) is 0. The standard InChI is InChI=1S/C99H131O7P3/c1-62-52-85(80(95(21,22)23)57-75(62)90(6,7)8)102-107(103-86-53-63(2)76(91(9,10)11)58-81(86)96(24,25)26)71-44-36-67(37-45-71)68-38-46-72(47-39-68)108(100,104-87-54-64(3)77(92(12,13)14)59-82(87)97(27,28)29)73-48-40-69(41-49-73)70-42-50-74(51-43-70)109(101,105-88-55-65(4)78(93(15,16)17)60-83(88)98(30,31)32)106-89-56-66(5)79(94(18,19)20)61-84(89)99(33,34)35/h36-61H,1-35H3. The first-order valence-corrected chi connectivity index (χ1v) is 43.6. The maximum Gasteiger partial charge on any atom is 0.462 e. The lowest BCUT2D eigenvalue weighted by atomic mass is 9.78. The van der Waals surface area contributed by atoms with Gasteiger partial charge in [0.1, 0.15) is 28.7 Å². The highest BCUT2D eigenvalue weighted by molar-refractivity contribution is 7.74. The minimum Gasteiger partial charge on any atom is -0.437 e. The van der Waals surface area contributed by atoms with Gasteiger partial charge in [-0.05, 0) is 246 Å². The normalized spacial score (nSPS) is 13.9. The summed E-state index contributed by atoms with van der Waals surface area (Å²) in [5, 5.41) is 2.45. The van der Waals surface area contributed by atoms with Crippen molar-refractivity contribution in [3.8, 4) is 51.0 Å². The van der Waals surface area contributed by atoms with Crippen molar-refractivity contribution in [2.24, 2.45) is 0 Å². The molecule has 0 aliphatic rings. The van der Waals surface area contributed by atoms with Crippen molar-refractivity contribution in [3.05, 3.63) is 241 Å². The number of rotatable bonds is 16. The van der Waals surface area contributed by atoms with E-state index in [1.807, 2.05) is 72.8 Å². The van der Waals surface area contributed by atoms with Crippen LogP contribution in [0.3, 0.4) is 0 Å². The molecule has 0 saturated heterocycles. The lowest BCUT2D eigenvalue weighted by Gasteiger charge is -2.32. The molecule has 1 atom stereocenters. The van der Waals surface area contributed by atoms with Crippen LogP contribution in [0.15, 0.2) is 158 Å². The zero-order valence-electron chi connectivity index (χ0n) is 73.2. The first-order valence-electron chi connectivity index (χ1n) is 39.3. The molecule has 7 nitrogen and oxygen atoms in total. The van der Waals surface area contributed by atoms with Crippen LogP contribution in [-0.4, -0.2) is 0 Å². The van der Waals surface area contributed by atoms with Crippen LogP contribution in [0, 0.1) is 34.6 Å². The van der Waals surface area contributed by atoms with E-state index in [2.05, 4.69) is 327 Å². The number of hydrogen-bond acceptors (Lipinski definition) is 7. The molecule has 1 unspecified atom stereocenters. The van der Waals surface area contributed by atoms with E-state index < -0.39 is 23.3 Å². The number of hydrogen-bond donors (Lipinski definition) is 0. The topological polar surface area (TPSA) is 80.3 Å². The van der Waals surface area contributed by atoms with Crippen molar-refractivity contribution in [2.75, 3.05) is 0 Å². The van der Waals surface area contributed by atoms with E-state index in [1.54, 1.807) is 0 Å². The Kier molecular flexibility index (Phi) is 23.7. The zero-order valence-corrected chi connectivity index (χ0v) is 75.9. The van der Waals surface area contributed by atoms with Gasteiger partial charge in [0.05, 0.1) is 21.2 Å². The van der Waals surface area contributed by atoms with Gasteiger partial charge in [0.15, 0.2) is 0 Å². The second kappa shape index (κ2) is 30.1. The van der Waals surface area contributed by atoms with Gasteiger partial charge in [0.25, 0.3) is 0 Å². The quantitative estimate of drug-likeness (QED) is 0.0892. The van der Waals surface area contributed by atoms with E-state index in [-0.39, 0.29) is 54.1 Å². The van der Waals surface area contributed by atoms with Crippen molar-refractivity contribution in [1.82, 2.24) is 0 Å². The van der Waals surface area contributed by atoms with Gasteiger partial charge in [0, 0.05) is 27.8 Å². The van der Waals surface area contributed by atoms with Crippen LogP contribution < -0.4 is 43.8 Å². The fourth-order valence-electron chi connectivity index (χ4n) is 15.1. The Labute approximate surface area is 660 Å². The highest BCUT2D eigenvalue weighted by atomic mass is 31.2. The summed E-state index contributed by atoms with van der Waals surface area (Å²) in [6, 6.07) is 54.2. The predicted octanol–water partition coefficient (Wildman–Crippen LogP) is 27.9. The maximum atomic E-state index is 16.8. The molecule has 584 valence electrons. The Morgan fingerprint density at radius 2 is 0.422 bits per heavy atom. The predicted molar refractivity (Wildman–Crippen MR) is 470 cm³/mol. The first kappa shape index (κ1) is 85.9. The average Bonchev–Trinajstić information content (AvgIpc) is 0.769. The maximum absolute atomic E-state index is 16.8. The molecule has 9 rings (SSSR count). The largest absolute Gasteiger partial charge is 0.462 e. The van der Waals surface area contributed by atoms with Gasteiger partial charge < -0.3 is 22.6 Å². The molecule has 0 N–H and O–H groups in total. The van der Waals surface area contributed by atoms with E-state index in [0.717, 1.165) is 83.6 Å². The summed E-state index contributed by atoms with van der Waals surface area (Å²) in [6.45, 7) is 77.5. The molecule has 109 heavy (non-hydrogen) atoms. The summed E-state index contributed by atoms with van der Waals surface area (Å²) in [5.74, 6) is 3.29. The summed E-state index contributed by atoms with van der Waals surface area (Å²) in [6.07, 6.45) is 0. The fraction of sp³-hybridized carbons (Fsp3) is 0.455. The molecule has 9 aromatic rings. The second-order valence-electron chi connectivity index (χ2n) is 41.3. The molecule has 0 spiro atoms. The summed E-state index contributed by atoms with van der Waals surface area (Å²) < 4.78 is 69.4. The molecular weight excluding hydrogens is 1390 g/mol. The molecule has 0 heterocycles. The van der Waals surface area contributed by atoms with Gasteiger partial charge in [-0.2, -0.15) is 0 Å². The first-order chi connectivity index (χ1) is 49.6. The third-order valence-corrected chi connectivity index (χ3v) is 26.7. The minimum atomic E-state index is -4.24. The summed E-state index contributed by atoms with van der Waals surface area (Å²) in [5.41, 5.74) is 18.4. The Morgan fingerprint density at radius 1 is 0.229 bits per heavy atom. The molecule has 0 aliphatic carbocycles. The zero-order chi connectivity index (χ0) is 81.7. The fourth-order valence-corrected chi connectivity index (χ4v) is 20.0. The summed E-state index contributed by atoms with van der Waals surface area (Å²) in [7, 11) is -9.95. The third-order valence-electron chi connectivity index (χ3n) is 21.1. The van der Waals surface area contributed by atoms with Crippen molar-refractivity contribution >= 4 is 44.6 Å². The third kappa shape index (κ3) is 19.3. The van der Waals surface area contributed by atoms with E-state index >= 15 is 9.13 Å². The monoisotopic (exact) mass is 1520 g/mol. The molecule has 0 bridgehead atoms. The molecular formula is C99H131O7P3. The minimum absolute atomic E-state index is 0.0633. The van der Waals surface area contributed by atoms with Gasteiger partial charge in [-0.1, -0.05) is 287 Å². The van der Waals surface area contributed by atoms with Crippen LogP contribution in [-0.2, 0) is 63.3 Å². The van der Waals surface area contributed by atoms with Gasteiger partial charge in [-0.3, -0.25) is 4.57 Å². The van der Waals surface area contributed by atoms with E-state index in [4.69, 9.17) is 22.6 Å². The molecule has 0 aliphatic heterocycles. The van der Waals surface area contributed by atoms with Crippen molar-refractivity contribution < 1.29 is 31.7 Å². The second-order valence-corrected chi connectivity index (χ2v) is 46.9. The van der Waals surface area contributed by atoms with Gasteiger partial charge in [-0.25, -0.2) is 4.57 Å². The molecule has 10 heteroatoms. The van der Waals surface area contributed by atoms with Crippen LogP contribution in [0.2, 0.25) is 0 Å². The van der Waals surface area contributed by atoms with Crippen LogP contribution in [0.4, 0.5) is 0 Å². The molecule has 9 aromatic carbocycles. The van der Waals surface area contributed by atoms with Crippen molar-refractivity contribution in [2.45, 2.75) is 296 Å². The Balaban J connectivity index is 1.14. The Hall–Kier alpha value is -7.13. The highest BCUT2D eigenvalue weighted by Crippen LogP contribution is 2.56. The molecule has 0 fully saturated rings. The number of benzene rings is 9. The van der Waals surface area contributed by atoms with Gasteiger partial charge >= 0.3 is 23.3 Å². The van der Waals surface area contributed by atoms with Crippen molar-refractivity contribution in [3.63, 3.8) is 0 Å². The molecule has 0 radical (unpaired) electrons. The van der Waals surface area contributed by atoms with E-state index in [9.17, 15) is 0 Å². The van der Waals surface area contributed by atoms with Crippen LogP contribution in [0.25, 0.3) is 22.3 Å². The van der Waals surface area contributed by atoms with Crippen LogP contribution >= 0.6 is 23.3 Å². The lowest BCUT2D eigenvalue weighted by molar-refractivity contribution is 0.387. The SMILES string of the molecule is Cc1cc(OP(Oc2cc(C)c(C(C)(C)C)cc2C(C)(C)C)c2ccc(-c3ccc(P(=O)(Oc4cc(C)c(C(C)(C)C)cc4C(C)(C)C)c4ccc(-c5ccc(P(=O)(Oc6cc(C)c(C(C)(C)C)cc6C(C)(C)C)Oc6cc(C)c(C(C)(C)C)cc6C(C)(C)C)cc5)cc4)cc3)cc2)c(C(C)(C)C)cc1C(C)(C)C. The molecule has 0 amide bonds. The Bertz CT molecular complexity index is 4750. The van der Waals surface area contributed by atoms with Crippen molar-refractivity contribution in [1.29, 1.82) is 0 Å². The number of aryl methyl sites for hydroxylation is 5. The van der Waals surface area contributed by atoms with Crippen LogP contribution in [0.1, 0.15) is 291 Å². The summed E-state index contributed by atoms with van der Waals surface area (Å²) >= 11 is 0. The van der Waals surface area contributed by atoms with Gasteiger partial charge in [0.2, 0.25) is 0 Å². The van der Waals surface area contributed by atoms with Crippen LogP contribution in [0.5, 0.6) is 28.7 Å². The highest BCUT2D eigenvalue weighted by Gasteiger charge is 2.40. The van der Waals surface area contributed by atoms with E-state index in [0.29, 0.717) is 33.2 Å². The lowest BCUT2D eigenvalue weighted by Crippen LogP contribution is -2.23. The van der Waals surface area contributed by atoms with Gasteiger partial charge in [-0.15, -0.1) is 0 Å². The molecule has 0 saturated carbocycles. The smallest absolute Gasteiger partial charge is 0.437 e. The molecule has 0 aromatic heterocycles. The Morgan fingerprint density at radius 3 is 0.651 bits per heavy atom.